The van der Waals surface area contributed by atoms with Gasteiger partial charge in [-0.2, -0.15) is 0 Å². The summed E-state index contributed by atoms with van der Waals surface area (Å²) in [6, 6.07) is 0. The number of hydrogen-bond acceptors (Lipinski definition) is 4. The number of anilines is 1. The average Bonchev–Trinajstić information content (AvgIpc) is 2.47. The Labute approximate surface area is 64.5 Å². The average molecular weight is 154 g/mol. The van der Waals surface area contributed by atoms with Crippen LogP contribution in [-0.4, -0.2) is 18.8 Å². The largest absolute Gasteiger partial charge is 0.479 e. The first-order valence-electron chi connectivity index (χ1n) is 3.68. The lowest BCUT2D eigenvalue weighted by Crippen LogP contribution is -2.09. The van der Waals surface area contributed by atoms with E-state index in [1.54, 1.807) is 7.11 Å². The minimum Gasteiger partial charge on any atom is -0.479 e. The molecule has 4 nitrogen and oxygen atoms in total. The predicted molar refractivity (Wildman–Crippen MR) is 39.9 cm³/mol. The molecule has 0 saturated carbocycles. The molecule has 0 aromatic carbocycles. The Balaban J connectivity index is 2.38. The summed E-state index contributed by atoms with van der Waals surface area (Å²) in [5, 5.41) is 6.86. The zero-order valence-corrected chi connectivity index (χ0v) is 6.39. The van der Waals surface area contributed by atoms with E-state index < -0.39 is 0 Å². The van der Waals surface area contributed by atoms with Crippen molar-refractivity contribution < 1.29 is 9.26 Å². The third-order valence-corrected chi connectivity index (χ3v) is 1.83. The predicted octanol–water partition coefficient (Wildman–Crippen LogP) is 1.04. The van der Waals surface area contributed by atoms with Crippen LogP contribution in [0.5, 0.6) is 5.88 Å². The summed E-state index contributed by atoms with van der Waals surface area (Å²) < 4.78 is 10.00. The molecule has 2 heterocycles. The lowest BCUT2D eigenvalue weighted by atomic mass is 10.1. The van der Waals surface area contributed by atoms with Gasteiger partial charge in [0.25, 0.3) is 5.88 Å². The Morgan fingerprint density at radius 3 is 3.36 bits per heavy atom. The second-order valence-electron chi connectivity index (χ2n) is 2.53. The fraction of sp³-hybridized carbons (Fsp3) is 0.571. The smallest absolute Gasteiger partial charge is 0.259 e. The number of ether oxygens (including phenoxy) is 1. The molecule has 1 aliphatic rings. The van der Waals surface area contributed by atoms with Crippen molar-refractivity contribution in [2.24, 2.45) is 0 Å². The van der Waals surface area contributed by atoms with Crippen molar-refractivity contribution in [2.45, 2.75) is 12.8 Å². The maximum absolute atomic E-state index is 5.01. The van der Waals surface area contributed by atoms with Crippen molar-refractivity contribution in [1.29, 1.82) is 0 Å². The molecule has 1 aliphatic heterocycles. The first kappa shape index (κ1) is 6.52. The summed E-state index contributed by atoms with van der Waals surface area (Å²) in [7, 11) is 1.60. The lowest BCUT2D eigenvalue weighted by Gasteiger charge is -2.10. The molecule has 2 rings (SSSR count). The van der Waals surface area contributed by atoms with Crippen molar-refractivity contribution in [3.05, 3.63) is 5.56 Å². The summed E-state index contributed by atoms with van der Waals surface area (Å²) in [5.74, 6) is 1.39. The first-order chi connectivity index (χ1) is 5.42. The molecule has 0 unspecified atom stereocenters. The number of methoxy groups -OCH3 is 1. The van der Waals surface area contributed by atoms with Crippen molar-refractivity contribution >= 4 is 5.88 Å². The number of fused-ring (bicyclic) bond motifs is 1. The second-order valence-corrected chi connectivity index (χ2v) is 2.53. The van der Waals surface area contributed by atoms with Crippen LogP contribution in [0.3, 0.4) is 0 Å². The van der Waals surface area contributed by atoms with E-state index in [-0.39, 0.29) is 0 Å². The molecule has 0 radical (unpaired) electrons. The van der Waals surface area contributed by atoms with Crippen molar-refractivity contribution in [3.8, 4) is 5.88 Å². The summed E-state index contributed by atoms with van der Waals surface area (Å²) in [6.07, 6.45) is 2.11. The highest BCUT2D eigenvalue weighted by atomic mass is 16.5. The van der Waals surface area contributed by atoms with Gasteiger partial charge < -0.3 is 14.6 Å². The third-order valence-electron chi connectivity index (χ3n) is 1.83. The van der Waals surface area contributed by atoms with Crippen molar-refractivity contribution in [1.82, 2.24) is 5.16 Å². The highest BCUT2D eigenvalue weighted by molar-refractivity contribution is 5.48. The summed E-state index contributed by atoms with van der Waals surface area (Å²) >= 11 is 0. The number of rotatable bonds is 1. The quantitative estimate of drug-likeness (QED) is 0.656. The fourth-order valence-electron chi connectivity index (χ4n) is 1.28. The van der Waals surface area contributed by atoms with Crippen LogP contribution in [0.4, 0.5) is 5.88 Å². The maximum Gasteiger partial charge on any atom is 0.259 e. The van der Waals surface area contributed by atoms with Gasteiger partial charge in [0, 0.05) is 6.54 Å². The molecule has 60 valence electrons. The van der Waals surface area contributed by atoms with Crippen LogP contribution >= 0.6 is 0 Å². The second kappa shape index (κ2) is 2.45. The Morgan fingerprint density at radius 1 is 1.64 bits per heavy atom. The van der Waals surface area contributed by atoms with E-state index >= 15 is 0 Å². The molecule has 1 aromatic rings. The van der Waals surface area contributed by atoms with E-state index in [4.69, 9.17) is 9.26 Å². The molecular formula is C7H10N2O2. The summed E-state index contributed by atoms with van der Waals surface area (Å²) in [5.41, 5.74) is 1.07. The van der Waals surface area contributed by atoms with Gasteiger partial charge in [0.05, 0.1) is 12.7 Å². The Kier molecular flexibility index (Phi) is 1.45. The number of nitrogens with one attached hydrogen (secondary N) is 1. The minimum atomic E-state index is 0.618. The van der Waals surface area contributed by atoms with E-state index in [0.29, 0.717) is 5.88 Å². The van der Waals surface area contributed by atoms with Crippen molar-refractivity contribution in [3.63, 3.8) is 0 Å². The third kappa shape index (κ3) is 0.943. The Morgan fingerprint density at radius 2 is 2.55 bits per heavy atom. The molecule has 0 spiro atoms. The highest BCUT2D eigenvalue weighted by Gasteiger charge is 2.18. The maximum atomic E-state index is 5.01. The van der Waals surface area contributed by atoms with Gasteiger partial charge in [0.15, 0.2) is 0 Å². The molecule has 1 aromatic heterocycles. The number of nitrogens with zero attached hydrogens (tertiary/aromatic N) is 1. The van der Waals surface area contributed by atoms with E-state index in [1.165, 1.54) is 0 Å². The standard InChI is InChI=1S/C7H10N2O2/c1-10-7-5-3-2-4-8-6(5)11-9-7/h8H,2-4H2,1H3. The van der Waals surface area contributed by atoms with E-state index in [1.807, 2.05) is 0 Å². The van der Waals surface area contributed by atoms with Crippen LogP contribution in [0.15, 0.2) is 4.52 Å². The zero-order chi connectivity index (χ0) is 7.68. The first-order valence-corrected chi connectivity index (χ1v) is 3.68. The Bertz CT molecular complexity index is 243. The monoisotopic (exact) mass is 154 g/mol. The summed E-state index contributed by atoms with van der Waals surface area (Å²) in [6.45, 7) is 0.964. The normalized spacial score (nSPS) is 15.4. The fourth-order valence-corrected chi connectivity index (χ4v) is 1.28. The molecular weight excluding hydrogens is 144 g/mol. The molecule has 4 heteroatoms. The van der Waals surface area contributed by atoms with Gasteiger partial charge >= 0.3 is 0 Å². The minimum absolute atomic E-state index is 0.618. The SMILES string of the molecule is COc1noc2c1CCCN2. The molecule has 11 heavy (non-hydrogen) atoms. The molecule has 0 aliphatic carbocycles. The molecule has 0 bridgehead atoms. The van der Waals surface area contributed by atoms with Gasteiger partial charge in [-0.15, -0.1) is 0 Å². The van der Waals surface area contributed by atoms with Crippen LogP contribution in [0.2, 0.25) is 0 Å². The highest BCUT2D eigenvalue weighted by Crippen LogP contribution is 2.29. The lowest BCUT2D eigenvalue weighted by molar-refractivity contribution is 0.342. The van der Waals surface area contributed by atoms with Gasteiger partial charge in [0.2, 0.25) is 5.88 Å². The van der Waals surface area contributed by atoms with Crippen molar-refractivity contribution in [2.75, 3.05) is 19.0 Å². The van der Waals surface area contributed by atoms with Gasteiger partial charge in [-0.1, -0.05) is 0 Å². The van der Waals surface area contributed by atoms with Gasteiger partial charge in [0.1, 0.15) is 0 Å². The molecule has 0 saturated heterocycles. The van der Waals surface area contributed by atoms with E-state index in [2.05, 4.69) is 10.5 Å². The van der Waals surface area contributed by atoms with Gasteiger partial charge in [-0.3, -0.25) is 0 Å². The number of aromatic nitrogens is 1. The van der Waals surface area contributed by atoms with Crippen LogP contribution < -0.4 is 10.1 Å². The molecule has 1 N–H and O–H groups in total. The zero-order valence-electron chi connectivity index (χ0n) is 6.39. The van der Waals surface area contributed by atoms with Crippen LogP contribution in [0.1, 0.15) is 12.0 Å². The topological polar surface area (TPSA) is 47.3 Å². The van der Waals surface area contributed by atoms with Crippen LogP contribution in [0, 0.1) is 0 Å². The molecule has 0 fully saturated rings. The summed E-state index contributed by atoms with van der Waals surface area (Å²) in [4.78, 5) is 0. The van der Waals surface area contributed by atoms with Crippen LogP contribution in [-0.2, 0) is 6.42 Å². The van der Waals surface area contributed by atoms with E-state index in [0.717, 1.165) is 30.8 Å². The Hall–Kier alpha value is -1.19. The number of hydrogen-bond donors (Lipinski definition) is 1. The van der Waals surface area contributed by atoms with E-state index in [9.17, 15) is 0 Å². The van der Waals surface area contributed by atoms with Crippen LogP contribution in [0.25, 0.3) is 0 Å². The molecule has 0 amide bonds. The van der Waals surface area contributed by atoms with Gasteiger partial charge in [-0.25, -0.2) is 0 Å². The molecule has 0 atom stereocenters. The van der Waals surface area contributed by atoms with Gasteiger partial charge in [-0.05, 0) is 18.0 Å².